The van der Waals surface area contributed by atoms with Gasteiger partial charge in [0, 0.05) is 5.56 Å². The average molecular weight is 374 g/mol. The van der Waals surface area contributed by atoms with E-state index in [4.69, 9.17) is 19.6 Å². The molecule has 0 saturated heterocycles. The quantitative estimate of drug-likeness (QED) is 0.796. The van der Waals surface area contributed by atoms with Crippen LogP contribution in [0.4, 0.5) is 0 Å². The van der Waals surface area contributed by atoms with E-state index >= 15 is 0 Å². The van der Waals surface area contributed by atoms with E-state index < -0.39 is 5.91 Å². The number of hydrogen-bond acceptors (Lipinski definition) is 7. The first-order valence-electron chi connectivity index (χ1n) is 7.82. The van der Waals surface area contributed by atoms with Crippen LogP contribution in [0.3, 0.4) is 0 Å². The monoisotopic (exact) mass is 374 g/mol. The lowest BCUT2D eigenvalue weighted by Gasteiger charge is -2.21. The number of benzene rings is 1. The van der Waals surface area contributed by atoms with Gasteiger partial charge in [-0.2, -0.15) is 15.1 Å². The predicted molar refractivity (Wildman–Crippen MR) is 101 cm³/mol. The summed E-state index contributed by atoms with van der Waals surface area (Å²) >= 11 is 1.30. The van der Waals surface area contributed by atoms with Crippen molar-refractivity contribution in [2.24, 2.45) is 10.1 Å². The number of hydrazone groups is 1. The van der Waals surface area contributed by atoms with Gasteiger partial charge in [0.1, 0.15) is 5.04 Å². The molecule has 0 unspecified atom stereocenters. The van der Waals surface area contributed by atoms with Crippen LogP contribution in [0.1, 0.15) is 18.9 Å². The van der Waals surface area contributed by atoms with Gasteiger partial charge in [0.15, 0.2) is 17.3 Å². The van der Waals surface area contributed by atoms with E-state index in [0.29, 0.717) is 34.4 Å². The summed E-state index contributed by atoms with van der Waals surface area (Å²) in [5, 5.41) is 15.3. The highest BCUT2D eigenvalue weighted by Gasteiger charge is 2.35. The van der Waals surface area contributed by atoms with Crippen LogP contribution in [0.25, 0.3) is 6.08 Å². The van der Waals surface area contributed by atoms with Crippen molar-refractivity contribution < 1.29 is 19.0 Å². The summed E-state index contributed by atoms with van der Waals surface area (Å²) in [7, 11) is 4.53. The maximum Gasteiger partial charge on any atom is 0.283 e. The lowest BCUT2D eigenvalue weighted by atomic mass is 10.1. The van der Waals surface area contributed by atoms with Gasteiger partial charge in [0.25, 0.3) is 5.91 Å². The topological polar surface area (TPSA) is 96.6 Å². The predicted octanol–water partition coefficient (Wildman–Crippen LogP) is 2.74. The number of amides is 1. The molecule has 1 aromatic rings. The van der Waals surface area contributed by atoms with Gasteiger partial charge in [-0.25, -0.2) is 0 Å². The second-order valence-electron chi connectivity index (χ2n) is 5.29. The van der Waals surface area contributed by atoms with Gasteiger partial charge in [-0.15, -0.1) is 0 Å². The maximum absolute atomic E-state index is 12.4. The summed E-state index contributed by atoms with van der Waals surface area (Å²) in [6.45, 7) is 1.96. The number of nitrogens with zero attached hydrogens (tertiary/aromatic N) is 3. The fraction of sp³-hybridized carbons (Fsp3) is 0.294. The van der Waals surface area contributed by atoms with Crippen molar-refractivity contribution in [1.82, 2.24) is 5.01 Å². The van der Waals surface area contributed by atoms with Crippen molar-refractivity contribution in [1.29, 1.82) is 5.41 Å². The molecule has 1 amide bonds. The van der Waals surface area contributed by atoms with Crippen LogP contribution in [-0.2, 0) is 4.79 Å². The van der Waals surface area contributed by atoms with E-state index in [-0.39, 0.29) is 11.4 Å². The highest BCUT2D eigenvalue weighted by Crippen LogP contribution is 2.41. The van der Waals surface area contributed by atoms with Crippen molar-refractivity contribution in [2.45, 2.75) is 13.3 Å². The van der Waals surface area contributed by atoms with Gasteiger partial charge in [-0.1, -0.05) is 6.92 Å². The maximum atomic E-state index is 12.4. The van der Waals surface area contributed by atoms with Crippen LogP contribution < -0.4 is 14.2 Å². The van der Waals surface area contributed by atoms with Crippen LogP contribution in [-0.4, -0.2) is 48.3 Å². The number of methoxy groups -OCH3 is 3. The second-order valence-corrected chi connectivity index (χ2v) is 6.33. The van der Waals surface area contributed by atoms with Gasteiger partial charge in [0.2, 0.25) is 10.9 Å². The number of fused-ring (bicyclic) bond motifs is 1. The molecule has 2 aliphatic rings. The molecule has 0 atom stereocenters. The van der Waals surface area contributed by atoms with Crippen molar-refractivity contribution in [3.63, 3.8) is 0 Å². The number of carbonyl (C=O) groups is 1. The van der Waals surface area contributed by atoms with Crippen LogP contribution in [0.2, 0.25) is 0 Å². The summed E-state index contributed by atoms with van der Waals surface area (Å²) in [6.07, 6.45) is 2.26. The Morgan fingerprint density at radius 2 is 1.92 bits per heavy atom. The van der Waals surface area contributed by atoms with Gasteiger partial charge >= 0.3 is 0 Å². The highest BCUT2D eigenvalue weighted by molar-refractivity contribution is 8.26. The zero-order valence-corrected chi connectivity index (χ0v) is 15.6. The molecular formula is C17H18N4O4S. The molecule has 0 aromatic heterocycles. The number of hydrogen-bond donors (Lipinski definition) is 1. The third-order valence-corrected chi connectivity index (χ3v) is 4.89. The minimum Gasteiger partial charge on any atom is -0.493 e. The van der Waals surface area contributed by atoms with E-state index in [0.717, 1.165) is 5.04 Å². The molecule has 9 heteroatoms. The Hall–Kier alpha value is -2.81. The molecule has 0 aliphatic carbocycles. The Kier molecular flexibility index (Phi) is 4.99. The van der Waals surface area contributed by atoms with E-state index in [9.17, 15) is 4.79 Å². The molecule has 8 nitrogen and oxygen atoms in total. The number of carbonyl (C=O) groups excluding carboxylic acids is 1. The molecule has 0 spiro atoms. The van der Waals surface area contributed by atoms with E-state index in [2.05, 4.69) is 10.1 Å². The molecule has 3 rings (SSSR count). The molecule has 26 heavy (non-hydrogen) atoms. The number of amidine groups is 2. The van der Waals surface area contributed by atoms with Crippen molar-refractivity contribution in [3.8, 4) is 17.2 Å². The third kappa shape index (κ3) is 2.94. The summed E-state index contributed by atoms with van der Waals surface area (Å²) in [5.74, 6) is 0.811. The second kappa shape index (κ2) is 7.20. The molecule has 0 bridgehead atoms. The zero-order valence-electron chi connectivity index (χ0n) is 14.8. The normalized spacial score (nSPS) is 17.8. The number of ether oxygens (including phenoxy) is 3. The Bertz CT molecular complexity index is 876. The van der Waals surface area contributed by atoms with Gasteiger partial charge in [-0.3, -0.25) is 10.2 Å². The van der Waals surface area contributed by atoms with Gasteiger partial charge < -0.3 is 14.2 Å². The van der Waals surface area contributed by atoms with E-state index in [1.54, 1.807) is 18.2 Å². The molecule has 1 aromatic carbocycles. The SMILES string of the molecule is CCC1=NN2C(=N)C(=Cc3ccc(OC)c(OC)c3OC)C(=O)N=C2S1. The molecule has 1 N–H and O–H groups in total. The lowest BCUT2D eigenvalue weighted by Crippen LogP contribution is -2.35. The molecule has 2 heterocycles. The highest BCUT2D eigenvalue weighted by atomic mass is 32.2. The standard InChI is InChI=1S/C17H18N4O4S/c1-5-12-20-21-15(18)10(16(22)19-17(21)26-12)8-9-6-7-11(23-2)14(25-4)13(9)24-3/h6-8,18H,5H2,1-4H3. The van der Waals surface area contributed by atoms with Crippen molar-refractivity contribution in [3.05, 3.63) is 23.3 Å². The van der Waals surface area contributed by atoms with Crippen LogP contribution >= 0.6 is 11.8 Å². The van der Waals surface area contributed by atoms with Crippen molar-refractivity contribution >= 4 is 39.8 Å². The van der Waals surface area contributed by atoms with Crippen LogP contribution in [0.15, 0.2) is 27.8 Å². The molecular weight excluding hydrogens is 356 g/mol. The molecule has 136 valence electrons. The molecule has 0 radical (unpaired) electrons. The van der Waals surface area contributed by atoms with Crippen LogP contribution in [0.5, 0.6) is 17.2 Å². The van der Waals surface area contributed by atoms with E-state index in [1.807, 2.05) is 6.92 Å². The number of thioether (sulfide) groups is 1. The van der Waals surface area contributed by atoms with Crippen molar-refractivity contribution in [2.75, 3.05) is 21.3 Å². The summed E-state index contributed by atoms with van der Waals surface area (Å²) in [6, 6.07) is 3.44. The number of nitrogens with one attached hydrogen (secondary N) is 1. The lowest BCUT2D eigenvalue weighted by molar-refractivity contribution is -0.114. The average Bonchev–Trinajstić information content (AvgIpc) is 3.07. The zero-order chi connectivity index (χ0) is 18.8. The Labute approximate surface area is 155 Å². The third-order valence-electron chi connectivity index (χ3n) is 3.83. The first kappa shape index (κ1) is 18.0. The fourth-order valence-corrected chi connectivity index (χ4v) is 3.39. The Balaban J connectivity index is 2.07. The Morgan fingerprint density at radius 1 is 1.19 bits per heavy atom. The van der Waals surface area contributed by atoms with Gasteiger partial charge in [0.05, 0.1) is 26.9 Å². The number of aliphatic imine (C=N–C) groups is 1. The summed E-state index contributed by atoms with van der Waals surface area (Å²) in [5.41, 5.74) is 0.699. The first-order chi connectivity index (χ1) is 12.5. The minimum atomic E-state index is -0.488. The molecule has 0 saturated carbocycles. The minimum absolute atomic E-state index is 0.0206. The largest absolute Gasteiger partial charge is 0.493 e. The van der Waals surface area contributed by atoms with E-state index in [1.165, 1.54) is 38.1 Å². The molecule has 0 fully saturated rings. The summed E-state index contributed by atoms with van der Waals surface area (Å²) in [4.78, 5) is 16.5. The smallest absolute Gasteiger partial charge is 0.283 e. The first-order valence-corrected chi connectivity index (χ1v) is 8.63. The summed E-state index contributed by atoms with van der Waals surface area (Å²) < 4.78 is 16.1. The number of rotatable bonds is 5. The van der Waals surface area contributed by atoms with Crippen LogP contribution in [0, 0.1) is 5.41 Å². The fourth-order valence-electron chi connectivity index (χ4n) is 2.57. The Morgan fingerprint density at radius 3 is 2.54 bits per heavy atom. The van der Waals surface area contributed by atoms with Gasteiger partial charge in [-0.05, 0) is 36.4 Å². The molecule has 2 aliphatic heterocycles.